The topological polar surface area (TPSA) is 274 Å². The molecule has 11 atom stereocenters. The molecule has 264 valence electrons. The summed E-state index contributed by atoms with van der Waals surface area (Å²) in [5.74, 6) is -0.908. The molecule has 20 nitrogen and oxygen atoms in total. The van der Waals surface area contributed by atoms with Gasteiger partial charge in [0, 0.05) is 11.3 Å². The molecule has 6 N–H and O–H groups in total. The first-order valence-corrected chi connectivity index (χ1v) is 19.4. The first-order chi connectivity index (χ1) is 23.4. The van der Waals surface area contributed by atoms with Crippen LogP contribution < -0.4 is 11.3 Å². The Morgan fingerprint density at radius 2 is 1.86 bits per heavy atom. The van der Waals surface area contributed by atoms with Crippen molar-refractivity contribution in [3.05, 3.63) is 35.2 Å². The average molecular weight is 742 g/mol. The Balaban J connectivity index is 1.18. The number of ether oxygens (including phenoxy) is 1. The molecule has 0 radical (unpaired) electrons. The number of aliphatic hydroxyl groups is 3. The van der Waals surface area contributed by atoms with Gasteiger partial charge in [-0.15, -0.1) is 0 Å². The van der Waals surface area contributed by atoms with E-state index in [1.165, 1.54) is 23.5 Å². The van der Waals surface area contributed by atoms with E-state index in [2.05, 4.69) is 42.5 Å². The summed E-state index contributed by atoms with van der Waals surface area (Å²) in [6.07, 6.45) is -2.63. The fourth-order valence-corrected chi connectivity index (χ4v) is 10.5. The second-order valence-corrected chi connectivity index (χ2v) is 17.5. The zero-order valence-electron chi connectivity index (χ0n) is 25.8. The second-order valence-electron chi connectivity index (χ2n) is 12.7. The minimum Gasteiger partial charge on any atom is -0.396 e. The van der Waals surface area contributed by atoms with Crippen LogP contribution in [0.4, 0.5) is 5.82 Å². The largest absolute Gasteiger partial charge is 0.396 e. The van der Waals surface area contributed by atoms with Gasteiger partial charge in [-0.25, -0.2) is 24.9 Å². The molecule has 49 heavy (non-hydrogen) atoms. The van der Waals surface area contributed by atoms with Gasteiger partial charge in [-0.3, -0.25) is 23.0 Å². The standard InChI is InChI=1S/C26H33N9O11P2S/c1-11-32-23-16(24(39)33-11)31-8-35(23)25-19-12(3-36)14(44-25)4-42-48(41,10-49)46-20-18(38)17(34-7-30-15-21(27)28-6-29-22(15)34)13-2-26(13,20)5-43-47(40,9-37)45-19/h6-8,12-14,17-20,25,36-38,49H,2-5,9-10H2,1H3,(H2,27,28,29)(H,32,33,39)/t12-,13-,14-,17-,18+,19-,20+,25-,26?,47-,48+/m1/s1. The number of nitrogen functional groups attached to an aromatic ring is 1. The van der Waals surface area contributed by atoms with Crippen molar-refractivity contribution in [2.45, 2.75) is 50.0 Å². The van der Waals surface area contributed by atoms with E-state index >= 15 is 0 Å². The number of H-pyrrole nitrogens is 1. The monoisotopic (exact) mass is 741 g/mol. The molecular formula is C26H33N9O11P2S. The minimum absolute atomic E-state index is 0.00347. The van der Waals surface area contributed by atoms with Crippen LogP contribution in [0, 0.1) is 24.2 Å². The molecule has 2 saturated heterocycles. The molecule has 0 amide bonds. The molecular weight excluding hydrogens is 708 g/mol. The van der Waals surface area contributed by atoms with Gasteiger partial charge in [0.2, 0.25) is 0 Å². The van der Waals surface area contributed by atoms with Crippen LogP contribution in [-0.2, 0) is 32.0 Å². The molecule has 2 saturated carbocycles. The number of hydrogen-bond donors (Lipinski definition) is 6. The summed E-state index contributed by atoms with van der Waals surface area (Å²) in [4.78, 5) is 36.3. The van der Waals surface area contributed by atoms with Crippen molar-refractivity contribution < 1.29 is 47.3 Å². The van der Waals surface area contributed by atoms with Crippen molar-refractivity contribution in [3.8, 4) is 0 Å². The second kappa shape index (κ2) is 11.9. The maximum atomic E-state index is 14.2. The Bertz CT molecular complexity index is 2100. The molecule has 1 unspecified atom stereocenters. The average Bonchev–Trinajstić information content (AvgIpc) is 3.39. The highest BCUT2D eigenvalue weighted by Crippen LogP contribution is 2.72. The molecule has 4 fully saturated rings. The molecule has 8 rings (SSSR count). The number of nitrogens with one attached hydrogen (secondary N) is 1. The lowest BCUT2D eigenvalue weighted by atomic mass is 9.99. The van der Waals surface area contributed by atoms with Gasteiger partial charge in [0.25, 0.3) is 5.56 Å². The SMILES string of the molecule is Cc1nc2c(ncn2[C@@H]2O[C@@H]3CO[P@@](=O)(CS)O[C@H]4[C@@H](O)[C@H](n5cnc6c(N)ncnc65)[C@H]5CC54CO[P@](=O)(CO)O[C@@H]2[C@@H]3CO)c(=O)[nH]1. The van der Waals surface area contributed by atoms with Crippen molar-refractivity contribution in [1.29, 1.82) is 0 Å². The predicted octanol–water partition coefficient (Wildman–Crippen LogP) is 0.318. The van der Waals surface area contributed by atoms with E-state index in [0.29, 0.717) is 17.6 Å². The predicted molar refractivity (Wildman–Crippen MR) is 170 cm³/mol. The maximum Gasteiger partial charge on any atom is 0.356 e. The lowest BCUT2D eigenvalue weighted by Crippen LogP contribution is -2.38. The van der Waals surface area contributed by atoms with Crippen LogP contribution in [0.1, 0.15) is 24.5 Å². The van der Waals surface area contributed by atoms with Gasteiger partial charge >= 0.3 is 15.2 Å². The maximum absolute atomic E-state index is 14.2. The third-order valence-corrected chi connectivity index (χ3v) is 13.8. The van der Waals surface area contributed by atoms with Crippen molar-refractivity contribution in [2.75, 3.05) is 37.4 Å². The van der Waals surface area contributed by atoms with E-state index in [0.717, 1.165) is 0 Å². The molecule has 6 heterocycles. The van der Waals surface area contributed by atoms with Gasteiger partial charge in [0.15, 0.2) is 28.9 Å². The molecule has 2 aliphatic carbocycles. The summed E-state index contributed by atoms with van der Waals surface area (Å²) in [5.41, 5.74) is 4.86. The molecule has 2 bridgehead atoms. The molecule has 23 heteroatoms. The highest BCUT2D eigenvalue weighted by molar-refractivity contribution is 7.88. The number of thiol groups is 1. The van der Waals surface area contributed by atoms with Gasteiger partial charge in [0.1, 0.15) is 42.3 Å². The Hall–Kier alpha value is -2.81. The van der Waals surface area contributed by atoms with Crippen molar-refractivity contribution >= 4 is 56.0 Å². The van der Waals surface area contributed by atoms with Gasteiger partial charge in [-0.1, -0.05) is 0 Å². The first kappa shape index (κ1) is 33.3. The molecule has 4 aromatic rings. The van der Waals surface area contributed by atoms with Crippen LogP contribution in [0.2, 0.25) is 0 Å². The third-order valence-electron chi connectivity index (χ3n) is 9.92. The molecule has 4 aliphatic rings. The summed E-state index contributed by atoms with van der Waals surface area (Å²) in [6, 6.07) is -0.708. The van der Waals surface area contributed by atoms with E-state index in [9.17, 15) is 29.2 Å². The van der Waals surface area contributed by atoms with Gasteiger partial charge in [0.05, 0.1) is 50.1 Å². The van der Waals surface area contributed by atoms with Gasteiger partial charge in [-0.2, -0.15) is 12.6 Å². The summed E-state index contributed by atoms with van der Waals surface area (Å²) in [7, 11) is -8.50. The number of nitrogens with zero attached hydrogens (tertiary/aromatic N) is 7. The van der Waals surface area contributed by atoms with Crippen molar-refractivity contribution in [3.63, 3.8) is 0 Å². The van der Waals surface area contributed by atoms with Crippen LogP contribution in [0.3, 0.4) is 0 Å². The number of fused-ring (bicyclic) bond motifs is 4. The quantitative estimate of drug-likeness (QED) is 0.119. The molecule has 1 spiro atoms. The van der Waals surface area contributed by atoms with Crippen LogP contribution in [0.5, 0.6) is 0 Å². The van der Waals surface area contributed by atoms with Crippen LogP contribution in [0.15, 0.2) is 23.8 Å². The van der Waals surface area contributed by atoms with Crippen LogP contribution in [0.25, 0.3) is 22.3 Å². The fourth-order valence-electron chi connectivity index (χ4n) is 7.47. The van der Waals surface area contributed by atoms with Crippen LogP contribution >= 0.6 is 27.8 Å². The number of aliphatic hydroxyl groups excluding tert-OH is 3. The van der Waals surface area contributed by atoms with Crippen molar-refractivity contribution in [1.82, 2.24) is 39.0 Å². The number of hydrogen-bond acceptors (Lipinski definition) is 18. The highest BCUT2D eigenvalue weighted by atomic mass is 32.1. The molecule has 0 aromatic carbocycles. The highest BCUT2D eigenvalue weighted by Gasteiger charge is 2.74. The Kier molecular flexibility index (Phi) is 8.08. The molecule has 2 aliphatic heterocycles. The summed E-state index contributed by atoms with van der Waals surface area (Å²) in [6.45, 7) is 0.249. The zero-order chi connectivity index (χ0) is 34.5. The third kappa shape index (κ3) is 5.21. The van der Waals surface area contributed by atoms with E-state index in [1.54, 1.807) is 11.5 Å². The summed E-state index contributed by atoms with van der Waals surface area (Å²) >= 11 is 4.27. The first-order valence-electron chi connectivity index (χ1n) is 15.3. The number of aromatic amines is 1. The fraction of sp³-hybridized carbons (Fsp3) is 0.615. The van der Waals surface area contributed by atoms with Gasteiger partial charge < -0.3 is 48.9 Å². The van der Waals surface area contributed by atoms with Crippen molar-refractivity contribution in [2.24, 2.45) is 17.3 Å². The zero-order valence-corrected chi connectivity index (χ0v) is 28.4. The van der Waals surface area contributed by atoms with E-state index in [4.69, 9.17) is 28.6 Å². The van der Waals surface area contributed by atoms with Crippen LogP contribution in [-0.4, -0.2) is 110 Å². The Labute approximate surface area is 281 Å². The lowest BCUT2D eigenvalue weighted by molar-refractivity contribution is -0.0573. The lowest BCUT2D eigenvalue weighted by Gasteiger charge is -2.32. The minimum atomic E-state index is -4.40. The number of anilines is 1. The normalized spacial score (nSPS) is 39.3. The summed E-state index contributed by atoms with van der Waals surface area (Å²) < 4.78 is 61.8. The molecule has 4 aromatic heterocycles. The number of imidazole rings is 2. The number of aryl methyl sites for hydroxylation is 1. The number of rotatable bonds is 5. The van der Waals surface area contributed by atoms with Gasteiger partial charge in [-0.05, 0) is 19.3 Å². The Morgan fingerprint density at radius 3 is 2.61 bits per heavy atom. The number of aromatic nitrogens is 8. The van der Waals surface area contributed by atoms with E-state index < -0.39 is 88.3 Å². The summed E-state index contributed by atoms with van der Waals surface area (Å²) in [5, 5.41) is 32.7. The Morgan fingerprint density at radius 1 is 1.08 bits per heavy atom. The van der Waals surface area contributed by atoms with E-state index in [1.807, 2.05) is 0 Å². The number of nitrogens with two attached hydrogens (primary N) is 1. The van der Waals surface area contributed by atoms with E-state index in [-0.39, 0.29) is 40.8 Å². The smallest absolute Gasteiger partial charge is 0.356 e.